The summed E-state index contributed by atoms with van der Waals surface area (Å²) in [6.45, 7) is 15.1. The third kappa shape index (κ3) is 5.78. The van der Waals surface area contributed by atoms with E-state index >= 15 is 0 Å². The maximum absolute atomic E-state index is 13.9. The number of hydrogen-bond acceptors (Lipinski definition) is 5. The summed E-state index contributed by atoms with van der Waals surface area (Å²) in [6, 6.07) is -0.661. The molecule has 3 aliphatic rings. The first kappa shape index (κ1) is 30.9. The van der Waals surface area contributed by atoms with Crippen LogP contribution in [0.2, 0.25) is 0 Å². The molecule has 1 saturated carbocycles. The molecule has 1 aromatic heterocycles. The Hall–Kier alpha value is -1.64. The summed E-state index contributed by atoms with van der Waals surface area (Å²) in [7, 11) is 0. The van der Waals surface area contributed by atoms with Crippen LogP contribution in [0.15, 0.2) is 0 Å². The highest BCUT2D eigenvalue weighted by molar-refractivity contribution is 6.00. The number of H-pyrrole nitrogens is 1. The van der Waals surface area contributed by atoms with Gasteiger partial charge in [0.15, 0.2) is 0 Å². The topological polar surface area (TPSA) is 102 Å². The molecule has 8 nitrogen and oxygen atoms in total. The fourth-order valence-electron chi connectivity index (χ4n) is 7.23. The third-order valence-corrected chi connectivity index (χ3v) is 9.24. The van der Waals surface area contributed by atoms with Gasteiger partial charge in [0, 0.05) is 36.9 Å². The molecule has 1 spiro atoms. The number of piperazine rings is 1. The van der Waals surface area contributed by atoms with Crippen LogP contribution in [0.1, 0.15) is 108 Å². The number of likely N-dealkylation sites (tertiary alicyclic amines) is 1. The predicted molar refractivity (Wildman–Crippen MR) is 152 cm³/mol. The molecule has 216 valence electrons. The lowest BCUT2D eigenvalue weighted by Crippen LogP contribution is -2.75. The maximum atomic E-state index is 13.9. The van der Waals surface area contributed by atoms with Gasteiger partial charge in [-0.05, 0) is 57.3 Å². The van der Waals surface area contributed by atoms with E-state index in [0.29, 0.717) is 19.4 Å². The minimum Gasteiger partial charge on any atom is -0.390 e. The molecule has 0 radical (unpaired) electrons. The van der Waals surface area contributed by atoms with Crippen LogP contribution in [-0.2, 0) is 9.59 Å². The van der Waals surface area contributed by atoms with Crippen LogP contribution in [0.25, 0.3) is 0 Å². The highest BCUT2D eigenvalue weighted by Crippen LogP contribution is 2.44. The SMILES string of the molecule is CCCCN1C(=O)[C@@H]([C@H](O)C2CCCCC2)NC(=O)C12CCN(C(c1c(C)n[nH]c1C)C(C)(C)C)CC2.Cl. The monoisotopic (exact) mass is 551 g/mol. The minimum atomic E-state index is -0.839. The van der Waals surface area contributed by atoms with Crippen molar-refractivity contribution in [3.05, 3.63) is 17.0 Å². The Morgan fingerprint density at radius 3 is 2.26 bits per heavy atom. The van der Waals surface area contributed by atoms with E-state index in [1.165, 1.54) is 12.0 Å². The Morgan fingerprint density at radius 1 is 1.11 bits per heavy atom. The van der Waals surface area contributed by atoms with Gasteiger partial charge in [0.1, 0.15) is 11.6 Å². The Kier molecular flexibility index (Phi) is 9.97. The van der Waals surface area contributed by atoms with Gasteiger partial charge in [-0.25, -0.2) is 0 Å². The molecule has 4 rings (SSSR count). The number of rotatable bonds is 7. The van der Waals surface area contributed by atoms with Crippen molar-refractivity contribution in [2.75, 3.05) is 19.6 Å². The van der Waals surface area contributed by atoms with Crippen LogP contribution < -0.4 is 5.32 Å². The number of aliphatic hydroxyl groups is 1. The summed E-state index contributed by atoms with van der Waals surface area (Å²) in [5.41, 5.74) is 2.49. The van der Waals surface area contributed by atoms with Crippen molar-refractivity contribution in [2.24, 2.45) is 11.3 Å². The number of aliphatic hydroxyl groups excluding tert-OH is 1. The number of piperidine rings is 1. The Morgan fingerprint density at radius 2 is 1.74 bits per heavy atom. The lowest BCUT2D eigenvalue weighted by Gasteiger charge is -2.54. The maximum Gasteiger partial charge on any atom is 0.248 e. The van der Waals surface area contributed by atoms with E-state index in [1.807, 2.05) is 4.90 Å². The lowest BCUT2D eigenvalue weighted by atomic mass is 9.75. The van der Waals surface area contributed by atoms with E-state index in [0.717, 1.165) is 63.0 Å². The van der Waals surface area contributed by atoms with Crippen LogP contribution in [0.5, 0.6) is 0 Å². The normalized spacial score (nSPS) is 24.7. The highest BCUT2D eigenvalue weighted by atomic mass is 35.5. The Bertz CT molecular complexity index is 940. The zero-order valence-electron chi connectivity index (χ0n) is 24.3. The van der Waals surface area contributed by atoms with Crippen LogP contribution in [-0.4, -0.2) is 74.2 Å². The molecule has 38 heavy (non-hydrogen) atoms. The van der Waals surface area contributed by atoms with Crippen LogP contribution >= 0.6 is 12.4 Å². The fourth-order valence-corrected chi connectivity index (χ4v) is 7.23. The second-order valence-electron chi connectivity index (χ2n) is 12.9. The van der Waals surface area contributed by atoms with E-state index in [2.05, 4.69) is 62.0 Å². The van der Waals surface area contributed by atoms with E-state index in [9.17, 15) is 14.7 Å². The van der Waals surface area contributed by atoms with E-state index in [-0.39, 0.29) is 41.6 Å². The molecule has 2 amide bonds. The smallest absolute Gasteiger partial charge is 0.248 e. The van der Waals surface area contributed by atoms with Gasteiger partial charge in [-0.15, -0.1) is 12.4 Å². The average Bonchev–Trinajstić information content (AvgIpc) is 3.19. The summed E-state index contributed by atoms with van der Waals surface area (Å²) in [6.07, 6.45) is 7.41. The molecular formula is C29H50ClN5O3. The molecule has 9 heteroatoms. The summed E-state index contributed by atoms with van der Waals surface area (Å²) < 4.78 is 0. The standard InChI is InChI=1S/C29H49N5O3.ClH/c1-7-8-16-34-26(36)23(24(35)21-12-10-9-11-13-21)30-27(37)29(34)14-17-33(18-15-29)25(28(4,5)6)22-19(2)31-32-20(22)3;/h21,23-25,35H,7-18H2,1-6H3,(H,30,37)(H,31,32);1H/t23-,24-,25?;/m1./s1. The van der Waals surface area contributed by atoms with Gasteiger partial charge in [0.05, 0.1) is 11.8 Å². The van der Waals surface area contributed by atoms with Gasteiger partial charge in [-0.2, -0.15) is 5.10 Å². The number of nitrogens with zero attached hydrogens (tertiary/aromatic N) is 3. The molecule has 2 saturated heterocycles. The summed E-state index contributed by atoms with van der Waals surface area (Å²) >= 11 is 0. The molecule has 0 aromatic carbocycles. The Balaban J connectivity index is 0.00000400. The molecule has 0 bridgehead atoms. The number of amides is 2. The molecule has 2 aliphatic heterocycles. The van der Waals surface area contributed by atoms with Crippen LogP contribution in [0.4, 0.5) is 0 Å². The number of aromatic amines is 1. The summed E-state index contributed by atoms with van der Waals surface area (Å²) in [5.74, 6) is -0.0833. The number of nitrogens with one attached hydrogen (secondary N) is 2. The number of carbonyl (C=O) groups excluding carboxylic acids is 2. The molecule has 3 atom stereocenters. The van der Waals surface area contributed by atoms with E-state index < -0.39 is 17.7 Å². The van der Waals surface area contributed by atoms with Gasteiger partial charge >= 0.3 is 0 Å². The predicted octanol–water partition coefficient (Wildman–Crippen LogP) is 4.44. The van der Waals surface area contributed by atoms with Crippen molar-refractivity contribution < 1.29 is 14.7 Å². The van der Waals surface area contributed by atoms with Gasteiger partial charge in [0.2, 0.25) is 11.8 Å². The number of unbranched alkanes of at least 4 members (excludes halogenated alkanes) is 1. The number of halogens is 1. The van der Waals surface area contributed by atoms with Gasteiger partial charge in [-0.1, -0.05) is 53.4 Å². The van der Waals surface area contributed by atoms with Crippen molar-refractivity contribution in [1.82, 2.24) is 25.3 Å². The van der Waals surface area contributed by atoms with Crippen molar-refractivity contribution >= 4 is 24.2 Å². The average molecular weight is 552 g/mol. The first-order chi connectivity index (χ1) is 17.5. The fraction of sp³-hybridized carbons (Fsp3) is 0.828. The lowest BCUT2D eigenvalue weighted by molar-refractivity contribution is -0.166. The summed E-state index contributed by atoms with van der Waals surface area (Å²) in [5, 5.41) is 21.9. The van der Waals surface area contributed by atoms with Gasteiger partial charge < -0.3 is 15.3 Å². The van der Waals surface area contributed by atoms with Crippen molar-refractivity contribution in [2.45, 2.75) is 123 Å². The second kappa shape index (κ2) is 12.3. The molecular weight excluding hydrogens is 502 g/mol. The van der Waals surface area contributed by atoms with Crippen molar-refractivity contribution in [3.63, 3.8) is 0 Å². The Labute approximate surface area is 235 Å². The molecule has 3 heterocycles. The summed E-state index contributed by atoms with van der Waals surface area (Å²) in [4.78, 5) is 32.1. The molecule has 1 unspecified atom stereocenters. The number of hydrogen-bond donors (Lipinski definition) is 3. The van der Waals surface area contributed by atoms with Gasteiger partial charge in [-0.3, -0.25) is 19.6 Å². The minimum absolute atomic E-state index is 0. The van der Waals surface area contributed by atoms with Gasteiger partial charge in [0.25, 0.3) is 0 Å². The van der Waals surface area contributed by atoms with Crippen LogP contribution in [0.3, 0.4) is 0 Å². The number of carbonyl (C=O) groups is 2. The van der Waals surface area contributed by atoms with E-state index in [1.54, 1.807) is 0 Å². The molecule has 1 aliphatic carbocycles. The van der Waals surface area contributed by atoms with E-state index in [4.69, 9.17) is 0 Å². The molecule has 1 aromatic rings. The van der Waals surface area contributed by atoms with Crippen LogP contribution in [0, 0.1) is 25.2 Å². The van der Waals surface area contributed by atoms with Crippen molar-refractivity contribution in [1.29, 1.82) is 0 Å². The number of aromatic nitrogens is 2. The third-order valence-electron chi connectivity index (χ3n) is 9.24. The van der Waals surface area contributed by atoms with Crippen molar-refractivity contribution in [3.8, 4) is 0 Å². The molecule has 3 fully saturated rings. The number of aryl methyl sites for hydroxylation is 2. The first-order valence-corrected chi connectivity index (χ1v) is 14.6. The quantitative estimate of drug-likeness (QED) is 0.465. The highest BCUT2D eigenvalue weighted by Gasteiger charge is 2.56. The first-order valence-electron chi connectivity index (χ1n) is 14.6. The largest absolute Gasteiger partial charge is 0.390 e. The second-order valence-corrected chi connectivity index (χ2v) is 12.9. The molecule has 3 N–H and O–H groups in total. The zero-order chi connectivity index (χ0) is 27.0. The zero-order valence-corrected chi connectivity index (χ0v) is 25.1.